The molecule has 0 amide bonds. The number of fused-ring (bicyclic) bond motifs is 1. The fraction of sp³-hybridized carbons (Fsp3) is 0.364. The molecule has 6 nitrogen and oxygen atoms in total. The molecule has 0 saturated carbocycles. The first kappa shape index (κ1) is 18.7. The highest BCUT2D eigenvalue weighted by molar-refractivity contribution is 5.78. The molecule has 2 aromatic carbocycles. The molecular formula is C22H24N2O4. The molecule has 0 bridgehead atoms. The van der Waals surface area contributed by atoms with Crippen LogP contribution in [0.3, 0.4) is 0 Å². The molecule has 2 aliphatic heterocycles. The van der Waals surface area contributed by atoms with E-state index in [4.69, 9.17) is 9.47 Å². The summed E-state index contributed by atoms with van der Waals surface area (Å²) in [6, 6.07) is 19.2. The molecule has 6 heteroatoms. The quantitative estimate of drug-likeness (QED) is 0.761. The molecule has 2 fully saturated rings. The second-order valence-corrected chi connectivity index (χ2v) is 7.19. The van der Waals surface area contributed by atoms with Gasteiger partial charge >= 0.3 is 11.9 Å². The van der Waals surface area contributed by atoms with Crippen molar-refractivity contribution in [3.8, 4) is 0 Å². The third kappa shape index (κ3) is 3.08. The number of benzene rings is 2. The van der Waals surface area contributed by atoms with Gasteiger partial charge in [-0.1, -0.05) is 60.7 Å². The molecule has 0 aliphatic carbocycles. The van der Waals surface area contributed by atoms with E-state index in [0.717, 1.165) is 11.1 Å². The van der Waals surface area contributed by atoms with Gasteiger partial charge in [-0.05, 0) is 17.5 Å². The SMILES string of the molecule is COC(=O)[C@@H]1CN2[C@H](c3ccccc3)C[C@@H](C(=O)OC)N2[C@@H]1c1ccccc1. The van der Waals surface area contributed by atoms with Gasteiger partial charge in [0.1, 0.15) is 6.04 Å². The average molecular weight is 380 g/mol. The van der Waals surface area contributed by atoms with Crippen molar-refractivity contribution in [2.24, 2.45) is 5.92 Å². The van der Waals surface area contributed by atoms with Crippen LogP contribution < -0.4 is 0 Å². The van der Waals surface area contributed by atoms with E-state index in [1.165, 1.54) is 14.2 Å². The Morgan fingerprint density at radius 2 is 1.43 bits per heavy atom. The Labute approximate surface area is 164 Å². The van der Waals surface area contributed by atoms with Crippen molar-refractivity contribution >= 4 is 11.9 Å². The van der Waals surface area contributed by atoms with Crippen LogP contribution in [-0.2, 0) is 19.1 Å². The van der Waals surface area contributed by atoms with Crippen LogP contribution in [0.2, 0.25) is 0 Å². The number of esters is 2. The summed E-state index contributed by atoms with van der Waals surface area (Å²) in [6.07, 6.45) is 0.619. The van der Waals surface area contributed by atoms with Crippen molar-refractivity contribution in [1.29, 1.82) is 0 Å². The number of hydrazine groups is 1. The highest BCUT2D eigenvalue weighted by Gasteiger charge is 2.56. The predicted octanol–water partition coefficient (Wildman–Crippen LogP) is 2.74. The van der Waals surface area contributed by atoms with E-state index in [9.17, 15) is 9.59 Å². The molecule has 0 aromatic heterocycles. The lowest BCUT2D eigenvalue weighted by atomic mass is 9.91. The zero-order valence-corrected chi connectivity index (χ0v) is 16.0. The van der Waals surface area contributed by atoms with Gasteiger partial charge in [0.2, 0.25) is 0 Å². The van der Waals surface area contributed by atoms with Crippen LogP contribution in [0.25, 0.3) is 0 Å². The minimum Gasteiger partial charge on any atom is -0.469 e. The third-order valence-electron chi connectivity index (χ3n) is 5.77. The number of hydrogen-bond acceptors (Lipinski definition) is 6. The smallest absolute Gasteiger partial charge is 0.324 e. The van der Waals surface area contributed by atoms with Crippen molar-refractivity contribution < 1.29 is 19.1 Å². The zero-order valence-electron chi connectivity index (χ0n) is 16.0. The molecule has 0 N–H and O–H groups in total. The van der Waals surface area contributed by atoms with Crippen LogP contribution in [0, 0.1) is 5.92 Å². The molecule has 0 radical (unpaired) electrons. The summed E-state index contributed by atoms with van der Waals surface area (Å²) in [5.74, 6) is -0.931. The van der Waals surface area contributed by atoms with Gasteiger partial charge in [-0.25, -0.2) is 10.0 Å². The second kappa shape index (κ2) is 7.73. The van der Waals surface area contributed by atoms with Crippen molar-refractivity contribution in [1.82, 2.24) is 10.0 Å². The van der Waals surface area contributed by atoms with Crippen LogP contribution in [-0.4, -0.2) is 48.8 Å². The number of carbonyl (C=O) groups excluding carboxylic acids is 2. The number of methoxy groups -OCH3 is 2. The zero-order chi connectivity index (χ0) is 19.7. The molecule has 0 unspecified atom stereocenters. The van der Waals surface area contributed by atoms with Gasteiger partial charge in [0, 0.05) is 6.54 Å². The van der Waals surface area contributed by atoms with Gasteiger partial charge in [0.25, 0.3) is 0 Å². The number of nitrogens with zero attached hydrogens (tertiary/aromatic N) is 2. The van der Waals surface area contributed by atoms with Gasteiger partial charge in [-0.3, -0.25) is 9.59 Å². The summed E-state index contributed by atoms with van der Waals surface area (Å²) < 4.78 is 10.2. The summed E-state index contributed by atoms with van der Waals surface area (Å²) in [5, 5.41) is 4.19. The molecule has 4 rings (SSSR count). The predicted molar refractivity (Wildman–Crippen MR) is 103 cm³/mol. The van der Waals surface area contributed by atoms with Crippen molar-refractivity contribution in [3.63, 3.8) is 0 Å². The molecule has 2 aromatic rings. The topological polar surface area (TPSA) is 59.1 Å². The third-order valence-corrected chi connectivity index (χ3v) is 5.77. The van der Waals surface area contributed by atoms with E-state index >= 15 is 0 Å². The van der Waals surface area contributed by atoms with Gasteiger partial charge in [0.05, 0.1) is 32.2 Å². The molecule has 28 heavy (non-hydrogen) atoms. The van der Waals surface area contributed by atoms with Gasteiger partial charge in [-0.2, -0.15) is 0 Å². The fourth-order valence-electron chi connectivity index (χ4n) is 4.56. The van der Waals surface area contributed by atoms with E-state index in [0.29, 0.717) is 13.0 Å². The second-order valence-electron chi connectivity index (χ2n) is 7.19. The first-order chi connectivity index (χ1) is 13.7. The van der Waals surface area contributed by atoms with E-state index < -0.39 is 6.04 Å². The van der Waals surface area contributed by atoms with E-state index in [-0.39, 0.29) is 29.9 Å². The highest BCUT2D eigenvalue weighted by Crippen LogP contribution is 2.49. The van der Waals surface area contributed by atoms with E-state index in [1.807, 2.05) is 53.5 Å². The largest absolute Gasteiger partial charge is 0.469 e. The summed E-state index contributed by atoms with van der Waals surface area (Å²) in [5.41, 5.74) is 2.11. The average Bonchev–Trinajstić information content (AvgIpc) is 3.31. The van der Waals surface area contributed by atoms with E-state index in [2.05, 4.69) is 17.1 Å². The normalized spacial score (nSPS) is 27.4. The Hall–Kier alpha value is -2.70. The summed E-state index contributed by atoms with van der Waals surface area (Å²) in [7, 11) is 2.82. The molecular weight excluding hydrogens is 356 g/mol. The maximum absolute atomic E-state index is 12.6. The maximum atomic E-state index is 12.6. The van der Waals surface area contributed by atoms with Crippen molar-refractivity contribution in [2.45, 2.75) is 24.5 Å². The minimum absolute atomic E-state index is 0.00571. The highest BCUT2D eigenvalue weighted by atomic mass is 16.5. The molecule has 2 saturated heterocycles. The first-order valence-electron chi connectivity index (χ1n) is 9.46. The summed E-state index contributed by atoms with van der Waals surface area (Å²) in [6.45, 7) is 0.499. The molecule has 0 spiro atoms. The summed E-state index contributed by atoms with van der Waals surface area (Å²) in [4.78, 5) is 25.3. The monoisotopic (exact) mass is 380 g/mol. The van der Waals surface area contributed by atoms with Gasteiger partial charge in [0.15, 0.2) is 0 Å². The number of ether oxygens (including phenoxy) is 2. The van der Waals surface area contributed by atoms with Crippen molar-refractivity contribution in [3.05, 3.63) is 71.8 Å². The molecule has 2 aliphatic rings. The minimum atomic E-state index is -0.449. The first-order valence-corrected chi connectivity index (χ1v) is 9.46. The van der Waals surface area contributed by atoms with E-state index in [1.54, 1.807) is 0 Å². The van der Waals surface area contributed by atoms with Crippen LogP contribution in [0.15, 0.2) is 60.7 Å². The Morgan fingerprint density at radius 1 is 0.857 bits per heavy atom. The van der Waals surface area contributed by atoms with Gasteiger partial charge in [-0.15, -0.1) is 0 Å². The molecule has 146 valence electrons. The Morgan fingerprint density at radius 3 is 2.00 bits per heavy atom. The van der Waals surface area contributed by atoms with Crippen LogP contribution >= 0.6 is 0 Å². The number of carbonyl (C=O) groups is 2. The number of rotatable bonds is 4. The van der Waals surface area contributed by atoms with Crippen molar-refractivity contribution in [2.75, 3.05) is 20.8 Å². The fourth-order valence-corrected chi connectivity index (χ4v) is 4.56. The summed E-state index contributed by atoms with van der Waals surface area (Å²) >= 11 is 0. The number of hydrogen-bond donors (Lipinski definition) is 0. The lowest BCUT2D eigenvalue weighted by molar-refractivity contribution is -0.152. The molecule has 4 atom stereocenters. The standard InChI is InChI=1S/C22H24N2O4/c1-27-21(25)17-14-23-18(15-9-5-3-6-10-15)13-19(22(26)28-2)24(23)20(17)16-11-7-4-8-12-16/h3-12,17-20H,13-14H2,1-2H3/t17-,18+,19+,20-/m1/s1. The molecule has 2 heterocycles. The van der Waals surface area contributed by atoms with Crippen LogP contribution in [0.5, 0.6) is 0 Å². The lowest BCUT2D eigenvalue weighted by Crippen LogP contribution is -2.42. The Balaban J connectivity index is 1.79. The lowest BCUT2D eigenvalue weighted by Gasteiger charge is -2.31. The maximum Gasteiger partial charge on any atom is 0.324 e. The van der Waals surface area contributed by atoms with Gasteiger partial charge < -0.3 is 9.47 Å². The van der Waals surface area contributed by atoms with Crippen LogP contribution in [0.1, 0.15) is 29.6 Å². The Bertz CT molecular complexity index is 842. The Kier molecular flexibility index (Phi) is 5.15. The van der Waals surface area contributed by atoms with Crippen LogP contribution in [0.4, 0.5) is 0 Å².